The molecular weight excluding hydrogens is 352 g/mol. The molecule has 0 saturated heterocycles. The van der Waals surface area contributed by atoms with Gasteiger partial charge in [-0.1, -0.05) is 11.8 Å². The number of carbonyl (C=O) groups excluding carboxylic acids is 1. The van der Waals surface area contributed by atoms with E-state index in [2.05, 4.69) is 33.1 Å². The van der Waals surface area contributed by atoms with Crippen LogP contribution in [0.1, 0.15) is 15.2 Å². The molecule has 0 fully saturated rings. The fourth-order valence-corrected chi connectivity index (χ4v) is 2.81. The fourth-order valence-electron chi connectivity index (χ4n) is 1.66. The van der Waals surface area contributed by atoms with Gasteiger partial charge in [0.25, 0.3) is 5.91 Å². The number of amides is 1. The Morgan fingerprint density at radius 1 is 1.48 bits per heavy atom. The van der Waals surface area contributed by atoms with Gasteiger partial charge in [-0.15, -0.1) is 11.3 Å². The Kier molecular flexibility index (Phi) is 5.39. The van der Waals surface area contributed by atoms with Crippen LogP contribution >= 0.6 is 27.3 Å². The first-order chi connectivity index (χ1) is 10.2. The van der Waals surface area contributed by atoms with E-state index in [1.807, 2.05) is 17.5 Å². The summed E-state index contributed by atoms with van der Waals surface area (Å²) in [6, 6.07) is 7.17. The normalized spacial score (nSPS) is 9.67. The van der Waals surface area contributed by atoms with E-state index in [0.717, 1.165) is 4.47 Å². The summed E-state index contributed by atoms with van der Waals surface area (Å²) in [7, 11) is 1.57. The van der Waals surface area contributed by atoms with Crippen LogP contribution in [0.2, 0.25) is 0 Å². The minimum Gasteiger partial charge on any atom is -0.495 e. The van der Waals surface area contributed by atoms with Crippen molar-refractivity contribution in [3.63, 3.8) is 0 Å². The van der Waals surface area contributed by atoms with E-state index in [4.69, 9.17) is 10.5 Å². The van der Waals surface area contributed by atoms with E-state index in [-0.39, 0.29) is 12.5 Å². The van der Waals surface area contributed by atoms with Crippen molar-refractivity contribution >= 4 is 38.9 Å². The van der Waals surface area contributed by atoms with Crippen molar-refractivity contribution in [2.75, 3.05) is 19.0 Å². The molecule has 108 valence electrons. The Hall–Kier alpha value is -1.81. The van der Waals surface area contributed by atoms with Gasteiger partial charge in [0.2, 0.25) is 0 Å². The van der Waals surface area contributed by atoms with Crippen LogP contribution in [-0.2, 0) is 0 Å². The summed E-state index contributed by atoms with van der Waals surface area (Å²) in [6.45, 7) is 0.265. The van der Waals surface area contributed by atoms with Crippen molar-refractivity contribution in [2.24, 2.45) is 5.73 Å². The Balaban J connectivity index is 2.20. The van der Waals surface area contributed by atoms with Gasteiger partial charge in [-0.05, 0) is 39.5 Å². The number of benzene rings is 1. The summed E-state index contributed by atoms with van der Waals surface area (Å²) >= 11 is 4.71. The molecule has 0 aliphatic carbocycles. The smallest absolute Gasteiger partial charge is 0.267 e. The van der Waals surface area contributed by atoms with Crippen LogP contribution in [0.4, 0.5) is 5.69 Å². The molecule has 21 heavy (non-hydrogen) atoms. The minimum atomic E-state index is -0.198. The van der Waals surface area contributed by atoms with Gasteiger partial charge >= 0.3 is 0 Å². The molecule has 4 nitrogen and oxygen atoms in total. The van der Waals surface area contributed by atoms with Crippen molar-refractivity contribution in [1.29, 1.82) is 0 Å². The maximum absolute atomic E-state index is 12.3. The van der Waals surface area contributed by atoms with Crippen LogP contribution in [0.5, 0.6) is 5.75 Å². The molecule has 0 saturated carbocycles. The van der Waals surface area contributed by atoms with Crippen LogP contribution in [0, 0.1) is 11.8 Å². The Morgan fingerprint density at radius 3 is 3.00 bits per heavy atom. The number of methoxy groups -OCH3 is 1. The number of thiophene rings is 1. The highest BCUT2D eigenvalue weighted by molar-refractivity contribution is 9.10. The third kappa shape index (κ3) is 3.85. The lowest BCUT2D eigenvalue weighted by Gasteiger charge is -2.08. The highest BCUT2D eigenvalue weighted by Crippen LogP contribution is 2.28. The maximum Gasteiger partial charge on any atom is 0.267 e. The molecule has 1 aromatic heterocycles. The molecule has 1 amide bonds. The Morgan fingerprint density at radius 2 is 2.29 bits per heavy atom. The van der Waals surface area contributed by atoms with E-state index in [0.29, 0.717) is 21.9 Å². The second kappa shape index (κ2) is 7.27. The van der Waals surface area contributed by atoms with Crippen LogP contribution in [-0.4, -0.2) is 19.6 Å². The van der Waals surface area contributed by atoms with Gasteiger partial charge in [0, 0.05) is 17.3 Å². The van der Waals surface area contributed by atoms with Crippen LogP contribution < -0.4 is 15.8 Å². The number of ether oxygens (including phenoxy) is 1. The molecule has 0 aliphatic rings. The van der Waals surface area contributed by atoms with Crippen molar-refractivity contribution in [3.05, 3.63) is 44.6 Å². The minimum absolute atomic E-state index is 0.198. The summed E-state index contributed by atoms with van der Waals surface area (Å²) in [5, 5.41) is 4.67. The van der Waals surface area contributed by atoms with Gasteiger partial charge < -0.3 is 15.8 Å². The number of rotatable bonds is 3. The van der Waals surface area contributed by atoms with Gasteiger partial charge in [-0.25, -0.2) is 0 Å². The first-order valence-electron chi connectivity index (χ1n) is 6.07. The molecule has 2 aromatic rings. The number of halogens is 1. The summed E-state index contributed by atoms with van der Waals surface area (Å²) in [4.78, 5) is 12.9. The topological polar surface area (TPSA) is 64.3 Å². The predicted molar refractivity (Wildman–Crippen MR) is 88.9 cm³/mol. The average molecular weight is 365 g/mol. The molecular formula is C15H13BrN2O2S. The highest BCUT2D eigenvalue weighted by atomic mass is 79.9. The average Bonchev–Trinajstić information content (AvgIpc) is 2.95. The molecule has 0 unspecified atom stereocenters. The zero-order valence-electron chi connectivity index (χ0n) is 11.3. The third-order valence-electron chi connectivity index (χ3n) is 2.61. The number of anilines is 1. The summed E-state index contributed by atoms with van der Waals surface area (Å²) in [5.41, 5.74) is 6.70. The third-order valence-corrected chi connectivity index (χ3v) is 4.17. The predicted octanol–water partition coefficient (Wildman–Crippen LogP) is 3.08. The lowest BCUT2D eigenvalue weighted by Crippen LogP contribution is -2.11. The molecule has 6 heteroatoms. The molecule has 3 N–H and O–H groups in total. The van der Waals surface area contributed by atoms with Gasteiger partial charge in [-0.3, -0.25) is 4.79 Å². The zero-order valence-corrected chi connectivity index (χ0v) is 13.7. The molecule has 0 bridgehead atoms. The van der Waals surface area contributed by atoms with E-state index >= 15 is 0 Å². The molecule has 1 aromatic carbocycles. The van der Waals surface area contributed by atoms with E-state index in [9.17, 15) is 4.79 Å². The monoisotopic (exact) mass is 364 g/mol. The molecule has 0 atom stereocenters. The standard InChI is InChI=1S/C15H13BrN2O2S/c1-20-13-9-11(4-5-12(13)16)18-15(19)14-10(3-2-7-17)6-8-21-14/h4-6,8-9H,7,17H2,1H3,(H,18,19). The van der Waals surface area contributed by atoms with Crippen LogP contribution in [0.15, 0.2) is 34.1 Å². The van der Waals surface area contributed by atoms with Gasteiger partial charge in [0.1, 0.15) is 10.6 Å². The second-order valence-corrected chi connectivity index (χ2v) is 5.74. The second-order valence-electron chi connectivity index (χ2n) is 3.97. The lowest BCUT2D eigenvalue weighted by atomic mass is 10.2. The van der Waals surface area contributed by atoms with Crippen LogP contribution in [0.25, 0.3) is 0 Å². The maximum atomic E-state index is 12.3. The molecule has 0 spiro atoms. The van der Waals surface area contributed by atoms with Crippen molar-refractivity contribution in [2.45, 2.75) is 0 Å². The highest BCUT2D eigenvalue weighted by Gasteiger charge is 2.13. The van der Waals surface area contributed by atoms with Crippen LogP contribution in [0.3, 0.4) is 0 Å². The molecule has 2 rings (SSSR count). The van der Waals surface area contributed by atoms with E-state index in [1.54, 1.807) is 19.2 Å². The van der Waals surface area contributed by atoms with Crippen molar-refractivity contribution in [1.82, 2.24) is 0 Å². The number of carbonyl (C=O) groups is 1. The lowest BCUT2D eigenvalue weighted by molar-refractivity contribution is 0.103. The SMILES string of the molecule is COc1cc(NC(=O)c2sccc2C#CCN)ccc1Br. The quantitative estimate of drug-likeness (QED) is 0.822. The summed E-state index contributed by atoms with van der Waals surface area (Å²) in [6.07, 6.45) is 0. The van der Waals surface area contributed by atoms with Gasteiger partial charge in [0.05, 0.1) is 18.1 Å². The number of nitrogens with two attached hydrogens (primary N) is 1. The number of hydrogen-bond acceptors (Lipinski definition) is 4. The zero-order chi connectivity index (χ0) is 15.2. The summed E-state index contributed by atoms with van der Waals surface area (Å²) < 4.78 is 6.03. The Labute approximate surface area is 135 Å². The molecule has 0 radical (unpaired) electrons. The molecule has 1 heterocycles. The van der Waals surface area contributed by atoms with Crippen molar-refractivity contribution in [3.8, 4) is 17.6 Å². The van der Waals surface area contributed by atoms with Gasteiger partial charge in [-0.2, -0.15) is 0 Å². The number of hydrogen-bond donors (Lipinski definition) is 2. The molecule has 0 aliphatic heterocycles. The first kappa shape index (κ1) is 15.6. The van der Waals surface area contributed by atoms with E-state index in [1.165, 1.54) is 11.3 Å². The first-order valence-corrected chi connectivity index (χ1v) is 7.74. The van der Waals surface area contributed by atoms with Crippen molar-refractivity contribution < 1.29 is 9.53 Å². The largest absolute Gasteiger partial charge is 0.495 e. The Bertz CT molecular complexity index is 716. The summed E-state index contributed by atoms with van der Waals surface area (Å²) in [5.74, 6) is 6.10. The fraction of sp³-hybridized carbons (Fsp3) is 0.133. The van der Waals surface area contributed by atoms with E-state index < -0.39 is 0 Å². The number of nitrogens with one attached hydrogen (secondary N) is 1. The van der Waals surface area contributed by atoms with Gasteiger partial charge in [0.15, 0.2) is 0 Å².